The zero-order valence-electron chi connectivity index (χ0n) is 15.5. The highest BCUT2D eigenvalue weighted by atomic mass is 32.2. The molecule has 1 N–H and O–H groups in total. The van der Waals surface area contributed by atoms with Crippen molar-refractivity contribution in [3.05, 3.63) is 35.4 Å². The summed E-state index contributed by atoms with van der Waals surface area (Å²) >= 11 is 0. The van der Waals surface area contributed by atoms with E-state index in [0.717, 1.165) is 12.0 Å². The van der Waals surface area contributed by atoms with Crippen LogP contribution in [-0.4, -0.2) is 50.1 Å². The molecule has 0 spiro atoms. The fourth-order valence-corrected chi connectivity index (χ4v) is 4.38. The van der Waals surface area contributed by atoms with Gasteiger partial charge in [0.25, 0.3) is 10.2 Å². The van der Waals surface area contributed by atoms with E-state index in [1.807, 2.05) is 12.1 Å². The molecule has 1 fully saturated rings. The van der Waals surface area contributed by atoms with Crippen molar-refractivity contribution in [2.24, 2.45) is 5.92 Å². The predicted octanol–water partition coefficient (Wildman–Crippen LogP) is 2.08. The molecule has 6 nitrogen and oxygen atoms in total. The Hall–Kier alpha value is -1.44. The first-order valence-corrected chi connectivity index (χ1v) is 10.2. The van der Waals surface area contributed by atoms with Crippen LogP contribution in [-0.2, 0) is 15.0 Å². The highest BCUT2D eigenvalue weighted by Crippen LogP contribution is 2.24. The molecular weight excluding hydrogens is 338 g/mol. The van der Waals surface area contributed by atoms with Crippen molar-refractivity contribution in [1.29, 1.82) is 0 Å². The topological polar surface area (TPSA) is 69.7 Å². The number of carbonyl (C=O) groups is 1. The van der Waals surface area contributed by atoms with Crippen molar-refractivity contribution in [2.45, 2.75) is 39.2 Å². The molecule has 1 saturated heterocycles. The third kappa shape index (κ3) is 4.59. The zero-order chi connectivity index (χ0) is 18.6. The van der Waals surface area contributed by atoms with E-state index in [1.54, 1.807) is 0 Å². The summed E-state index contributed by atoms with van der Waals surface area (Å²) < 4.78 is 27.0. The molecule has 0 unspecified atom stereocenters. The fraction of sp³-hybridized carbons (Fsp3) is 0.611. The van der Waals surface area contributed by atoms with Gasteiger partial charge >= 0.3 is 0 Å². The van der Waals surface area contributed by atoms with Crippen LogP contribution in [0.15, 0.2) is 24.3 Å². The van der Waals surface area contributed by atoms with Crippen LogP contribution in [0.4, 0.5) is 0 Å². The standard InChI is InChI=1S/C18H29N3O3S/c1-5-17(16-9-7-6-8-14(16)2)19-18(22)15-10-12-21(13-11-15)25(23,24)20(3)4/h6-9,15,17H,5,10-13H2,1-4H3,(H,19,22)/t17-/m1/s1. The molecule has 7 heteroatoms. The van der Waals surface area contributed by atoms with Crippen molar-refractivity contribution < 1.29 is 13.2 Å². The van der Waals surface area contributed by atoms with Gasteiger partial charge in [-0.2, -0.15) is 17.0 Å². The van der Waals surface area contributed by atoms with E-state index in [1.165, 1.54) is 28.3 Å². The van der Waals surface area contributed by atoms with Crippen molar-refractivity contribution in [2.75, 3.05) is 27.2 Å². The van der Waals surface area contributed by atoms with Crippen LogP contribution >= 0.6 is 0 Å². The van der Waals surface area contributed by atoms with Crippen LogP contribution in [0.1, 0.15) is 43.4 Å². The quantitative estimate of drug-likeness (QED) is 0.837. The third-order valence-electron chi connectivity index (χ3n) is 4.90. The first kappa shape index (κ1) is 19.9. The highest BCUT2D eigenvalue weighted by Gasteiger charge is 2.32. The molecule has 1 atom stereocenters. The molecule has 1 aromatic carbocycles. The number of rotatable bonds is 6. The largest absolute Gasteiger partial charge is 0.349 e. The minimum absolute atomic E-state index is 0.00256. The summed E-state index contributed by atoms with van der Waals surface area (Å²) in [7, 11) is -0.331. The van der Waals surface area contributed by atoms with Crippen LogP contribution in [0.2, 0.25) is 0 Å². The van der Waals surface area contributed by atoms with E-state index in [9.17, 15) is 13.2 Å². The maximum atomic E-state index is 12.7. The van der Waals surface area contributed by atoms with Crippen molar-refractivity contribution >= 4 is 16.1 Å². The monoisotopic (exact) mass is 367 g/mol. The Labute approximate surface area is 151 Å². The molecule has 0 aromatic heterocycles. The average Bonchev–Trinajstić information content (AvgIpc) is 2.60. The number of amides is 1. The predicted molar refractivity (Wildman–Crippen MR) is 99.3 cm³/mol. The average molecular weight is 368 g/mol. The number of aryl methyl sites for hydroxylation is 1. The third-order valence-corrected chi connectivity index (χ3v) is 6.84. The van der Waals surface area contributed by atoms with E-state index in [2.05, 4.69) is 31.3 Å². The summed E-state index contributed by atoms with van der Waals surface area (Å²) in [5.41, 5.74) is 2.31. The van der Waals surface area contributed by atoms with Gasteiger partial charge in [-0.15, -0.1) is 0 Å². The molecule has 0 saturated carbocycles. The maximum Gasteiger partial charge on any atom is 0.281 e. The molecule has 0 aliphatic carbocycles. The van der Waals surface area contributed by atoms with Gasteiger partial charge in [-0.05, 0) is 37.3 Å². The van der Waals surface area contributed by atoms with Crippen LogP contribution in [0, 0.1) is 12.8 Å². The molecule has 1 aliphatic rings. The first-order valence-electron chi connectivity index (χ1n) is 8.80. The number of nitrogens with zero attached hydrogens (tertiary/aromatic N) is 2. The SMILES string of the molecule is CC[C@@H](NC(=O)C1CCN(S(=O)(=O)N(C)C)CC1)c1ccccc1C. The van der Waals surface area contributed by atoms with Crippen molar-refractivity contribution in [1.82, 2.24) is 13.9 Å². The Kier molecular flexibility index (Phi) is 6.59. The number of hydrogen-bond acceptors (Lipinski definition) is 3. The number of nitrogens with one attached hydrogen (secondary N) is 1. The van der Waals surface area contributed by atoms with Crippen LogP contribution < -0.4 is 5.32 Å². The van der Waals surface area contributed by atoms with Gasteiger partial charge in [-0.3, -0.25) is 4.79 Å². The zero-order valence-corrected chi connectivity index (χ0v) is 16.3. The maximum absolute atomic E-state index is 12.7. The second-order valence-electron chi connectivity index (χ2n) is 6.79. The summed E-state index contributed by atoms with van der Waals surface area (Å²) in [6.45, 7) is 4.89. The van der Waals surface area contributed by atoms with Crippen LogP contribution in [0.3, 0.4) is 0 Å². The molecule has 25 heavy (non-hydrogen) atoms. The Balaban J connectivity index is 1.97. The van der Waals surface area contributed by atoms with Crippen LogP contribution in [0.5, 0.6) is 0 Å². The van der Waals surface area contributed by atoms with E-state index >= 15 is 0 Å². The van der Waals surface area contributed by atoms with Gasteiger partial charge in [0.15, 0.2) is 0 Å². The Morgan fingerprint density at radius 3 is 2.40 bits per heavy atom. The number of piperidine rings is 1. The number of benzene rings is 1. The minimum atomic E-state index is -3.39. The summed E-state index contributed by atoms with van der Waals surface area (Å²) in [4.78, 5) is 12.7. The van der Waals surface area contributed by atoms with E-state index in [0.29, 0.717) is 25.9 Å². The molecule has 1 heterocycles. The molecule has 140 valence electrons. The second kappa shape index (κ2) is 8.29. The van der Waals surface area contributed by atoms with Gasteiger partial charge in [0.2, 0.25) is 5.91 Å². The van der Waals surface area contributed by atoms with E-state index in [4.69, 9.17) is 0 Å². The summed E-state index contributed by atoms with van der Waals surface area (Å²) in [5, 5.41) is 3.15. The lowest BCUT2D eigenvalue weighted by Gasteiger charge is -2.33. The summed E-state index contributed by atoms with van der Waals surface area (Å²) in [5.74, 6) is -0.108. The molecule has 1 amide bonds. The lowest BCUT2D eigenvalue weighted by Crippen LogP contribution is -2.47. The molecule has 1 aromatic rings. The molecule has 0 radical (unpaired) electrons. The van der Waals surface area contributed by atoms with Gasteiger partial charge in [-0.1, -0.05) is 31.2 Å². The fourth-order valence-electron chi connectivity index (χ4n) is 3.25. The molecule has 0 bridgehead atoms. The van der Waals surface area contributed by atoms with Crippen molar-refractivity contribution in [3.8, 4) is 0 Å². The highest BCUT2D eigenvalue weighted by molar-refractivity contribution is 7.86. The minimum Gasteiger partial charge on any atom is -0.349 e. The normalized spacial score (nSPS) is 18.3. The molecule has 2 rings (SSSR count). The second-order valence-corrected chi connectivity index (χ2v) is 8.93. The van der Waals surface area contributed by atoms with Gasteiger partial charge in [0.1, 0.15) is 0 Å². The Morgan fingerprint density at radius 2 is 1.88 bits per heavy atom. The summed E-state index contributed by atoms with van der Waals surface area (Å²) in [6.07, 6.45) is 1.94. The van der Waals surface area contributed by atoms with E-state index in [-0.39, 0.29) is 17.9 Å². The molecule has 1 aliphatic heterocycles. The van der Waals surface area contributed by atoms with Crippen molar-refractivity contribution in [3.63, 3.8) is 0 Å². The number of hydrogen-bond donors (Lipinski definition) is 1. The Bertz CT molecular complexity index is 695. The summed E-state index contributed by atoms with van der Waals surface area (Å²) in [6, 6.07) is 8.08. The number of carbonyl (C=O) groups excluding carboxylic acids is 1. The first-order chi connectivity index (χ1) is 11.8. The molecular formula is C18H29N3O3S. The Morgan fingerprint density at radius 1 is 1.28 bits per heavy atom. The van der Waals surface area contributed by atoms with Crippen LogP contribution in [0.25, 0.3) is 0 Å². The van der Waals surface area contributed by atoms with Gasteiger partial charge < -0.3 is 5.32 Å². The lowest BCUT2D eigenvalue weighted by atomic mass is 9.94. The van der Waals surface area contributed by atoms with E-state index < -0.39 is 10.2 Å². The lowest BCUT2D eigenvalue weighted by molar-refractivity contribution is -0.126. The van der Waals surface area contributed by atoms with Gasteiger partial charge in [-0.25, -0.2) is 0 Å². The van der Waals surface area contributed by atoms with Gasteiger partial charge in [0, 0.05) is 33.1 Å². The van der Waals surface area contributed by atoms with Gasteiger partial charge in [0.05, 0.1) is 6.04 Å². The smallest absolute Gasteiger partial charge is 0.281 e.